The van der Waals surface area contributed by atoms with E-state index in [1.165, 1.54) is 181 Å². The maximum absolute atomic E-state index is 5.18. The van der Waals surface area contributed by atoms with Crippen LogP contribution in [0.15, 0.2) is 534 Å². The molecule has 0 atom stereocenters. The lowest BCUT2D eigenvalue weighted by Crippen LogP contribution is -2.25. The van der Waals surface area contributed by atoms with Crippen molar-refractivity contribution in [1.82, 2.24) is 28.2 Å². The standard InChI is InChI=1S/C48H28N2.C47H31N3.C45H29N3/c1-2-12-32-29(11-1)21-25-37-46(32)38-27-30(23-26-44(38)50-45-20-10-9-19-43(45)49-47(37)50)31-22-24-36-35-15-5-8-18-41(35)48(42(36)28-31)39-16-6-3-13-33(39)34-14-4-7-17-40(34)48;1-3-11-32(12-4-1)34-19-24-37(25-20-34)49(38-26-21-35(22-27-38)33-13-5-2-6-14-33)39-28-30-44-42(31-39)46-40-16-8-7-15-36(40)23-29-41(46)47-48-43-17-9-10-18-45(43)50(44)47;1-2-14-34(15-3-1)47(41-20-10-13-31-11-4-6-16-36(31)41)35-25-21-30(22-26-35)33-24-28-42-39(29-33)44-37-17-7-5-12-32(37)23-27-38(44)45-46-40-18-8-9-19-43(40)48(42)45/h1-28H;1-31H;1-29H. The van der Waals surface area contributed by atoms with Gasteiger partial charge in [-0.3, -0.25) is 13.2 Å². The fourth-order valence-electron chi connectivity index (χ4n) is 24.7. The minimum absolute atomic E-state index is 0.364. The minimum atomic E-state index is -0.364. The molecule has 0 bridgehead atoms. The molecule has 6 aromatic heterocycles. The lowest BCUT2D eigenvalue weighted by molar-refractivity contribution is 0.794. The van der Waals surface area contributed by atoms with Crippen molar-refractivity contribution in [2.45, 2.75) is 5.41 Å². The van der Waals surface area contributed by atoms with E-state index in [0.29, 0.717) is 0 Å². The van der Waals surface area contributed by atoms with Gasteiger partial charge >= 0.3 is 0 Å². The van der Waals surface area contributed by atoms with Crippen LogP contribution in [0.3, 0.4) is 0 Å². The molecule has 1 spiro atoms. The molecular weight excluding hydrogens is 1790 g/mol. The molecule has 2 aliphatic rings. The third-order valence-electron chi connectivity index (χ3n) is 31.2. The summed E-state index contributed by atoms with van der Waals surface area (Å²) in [5.41, 5.74) is 39.5. The van der Waals surface area contributed by atoms with Crippen LogP contribution < -0.4 is 9.80 Å². The highest BCUT2D eigenvalue weighted by Gasteiger charge is 2.52. The van der Waals surface area contributed by atoms with Gasteiger partial charge in [-0.2, -0.15) is 0 Å². The van der Waals surface area contributed by atoms with Crippen LogP contribution in [0.4, 0.5) is 34.1 Å². The van der Waals surface area contributed by atoms with Crippen LogP contribution in [0, 0.1) is 0 Å². The molecule has 0 saturated heterocycles. The average molecular weight is 1880 g/mol. The number of rotatable bonds is 10. The molecule has 6 heterocycles. The Morgan fingerprint density at radius 1 is 0.162 bits per heavy atom. The average Bonchev–Trinajstić information content (AvgIpc) is 1.50. The number of benzene rings is 24. The van der Waals surface area contributed by atoms with Gasteiger partial charge in [0.25, 0.3) is 0 Å². The smallest absolute Gasteiger partial charge is 0.146 e. The Hall–Kier alpha value is -19.7. The number of imidazole rings is 3. The van der Waals surface area contributed by atoms with Gasteiger partial charge < -0.3 is 9.80 Å². The first kappa shape index (κ1) is 84.1. The van der Waals surface area contributed by atoms with Crippen molar-refractivity contribution in [2.75, 3.05) is 9.80 Å². The molecule has 0 saturated carbocycles. The lowest BCUT2D eigenvalue weighted by Gasteiger charge is -2.30. The highest BCUT2D eigenvalue weighted by Crippen LogP contribution is 2.64. The zero-order valence-corrected chi connectivity index (χ0v) is 80.4. The molecule has 0 N–H and O–H groups in total. The summed E-state index contributed by atoms with van der Waals surface area (Å²) in [6, 6.07) is 194. The van der Waals surface area contributed by atoms with Crippen LogP contribution in [-0.4, -0.2) is 28.2 Å². The van der Waals surface area contributed by atoms with Crippen LogP contribution in [0.1, 0.15) is 22.3 Å². The van der Waals surface area contributed by atoms with Crippen molar-refractivity contribution < 1.29 is 0 Å². The lowest BCUT2D eigenvalue weighted by atomic mass is 9.70. The molecule has 30 aromatic rings. The second kappa shape index (κ2) is 33.8. The highest BCUT2D eigenvalue weighted by atomic mass is 15.2. The summed E-state index contributed by atoms with van der Waals surface area (Å²) in [6.45, 7) is 0. The van der Waals surface area contributed by atoms with Crippen LogP contribution in [0.25, 0.3) is 225 Å². The number of aromatic nitrogens is 6. The topological polar surface area (TPSA) is 58.4 Å². The van der Waals surface area contributed by atoms with Crippen molar-refractivity contribution in [3.05, 3.63) is 556 Å². The van der Waals surface area contributed by atoms with Crippen molar-refractivity contribution in [3.8, 4) is 66.8 Å². The number of hydrogen-bond donors (Lipinski definition) is 0. The van der Waals surface area contributed by atoms with E-state index >= 15 is 0 Å². The number of para-hydroxylation sites is 7. The van der Waals surface area contributed by atoms with Crippen molar-refractivity contribution in [2.24, 2.45) is 0 Å². The van der Waals surface area contributed by atoms with Crippen LogP contribution in [0.2, 0.25) is 0 Å². The third-order valence-corrected chi connectivity index (χ3v) is 31.2. The third kappa shape index (κ3) is 13.1. The van der Waals surface area contributed by atoms with E-state index in [1.807, 2.05) is 0 Å². The fraction of sp³-hybridized carbons (Fsp3) is 0.00714. The van der Waals surface area contributed by atoms with Gasteiger partial charge in [-0.05, 0) is 284 Å². The molecular formula is C140H88N8. The number of pyridine rings is 3. The maximum Gasteiger partial charge on any atom is 0.146 e. The van der Waals surface area contributed by atoms with Crippen molar-refractivity contribution in [1.29, 1.82) is 0 Å². The van der Waals surface area contributed by atoms with E-state index in [4.69, 9.17) is 15.0 Å². The van der Waals surface area contributed by atoms with Gasteiger partial charge in [0.15, 0.2) is 0 Å². The summed E-state index contributed by atoms with van der Waals surface area (Å²) in [5.74, 6) is 0. The normalized spacial score (nSPS) is 12.4. The molecule has 0 unspecified atom stereocenters. The first-order chi connectivity index (χ1) is 73.4. The van der Waals surface area contributed by atoms with Crippen molar-refractivity contribution in [3.63, 3.8) is 0 Å². The fourth-order valence-corrected chi connectivity index (χ4v) is 24.7. The number of hydrogen-bond acceptors (Lipinski definition) is 5. The number of fused-ring (bicyclic) bond motifs is 41. The summed E-state index contributed by atoms with van der Waals surface area (Å²) in [7, 11) is 0. The monoisotopic (exact) mass is 1880 g/mol. The summed E-state index contributed by atoms with van der Waals surface area (Å²) >= 11 is 0. The molecule has 8 heteroatoms. The first-order valence-electron chi connectivity index (χ1n) is 50.8. The second-order valence-corrected chi connectivity index (χ2v) is 39.1. The van der Waals surface area contributed by atoms with Crippen LogP contribution in [-0.2, 0) is 5.41 Å². The second-order valence-electron chi connectivity index (χ2n) is 39.1. The molecule has 0 radical (unpaired) electrons. The van der Waals surface area contributed by atoms with Gasteiger partial charge in [-0.25, -0.2) is 15.0 Å². The van der Waals surface area contributed by atoms with E-state index in [0.717, 1.165) is 101 Å². The quantitative estimate of drug-likeness (QED) is 0.128. The van der Waals surface area contributed by atoms with Gasteiger partial charge in [0.1, 0.15) is 16.9 Å². The number of anilines is 6. The van der Waals surface area contributed by atoms with E-state index in [9.17, 15) is 0 Å². The van der Waals surface area contributed by atoms with Gasteiger partial charge in [0.05, 0.1) is 60.8 Å². The van der Waals surface area contributed by atoms with Gasteiger partial charge in [0, 0.05) is 82.3 Å². The maximum atomic E-state index is 5.18. The Bertz CT molecular complexity index is 10600. The Kier molecular flexibility index (Phi) is 19.2. The largest absolute Gasteiger partial charge is 0.310 e. The zero-order valence-electron chi connectivity index (χ0n) is 80.4. The summed E-state index contributed by atoms with van der Waals surface area (Å²) in [4.78, 5) is 20.2. The number of nitrogens with zero attached hydrogens (tertiary/aromatic N) is 8. The first-order valence-corrected chi connectivity index (χ1v) is 50.8. The molecule has 8 nitrogen and oxygen atoms in total. The molecule has 688 valence electrons. The Labute approximate surface area is 852 Å². The molecule has 0 amide bonds. The summed E-state index contributed by atoms with van der Waals surface area (Å²) in [5, 5.41) is 20.7. The van der Waals surface area contributed by atoms with Gasteiger partial charge in [-0.1, -0.05) is 376 Å². The van der Waals surface area contributed by atoms with E-state index in [-0.39, 0.29) is 5.41 Å². The Morgan fingerprint density at radius 3 is 0.905 bits per heavy atom. The molecule has 0 aliphatic heterocycles. The molecule has 24 aromatic carbocycles. The van der Waals surface area contributed by atoms with E-state index in [2.05, 4.69) is 557 Å². The predicted molar refractivity (Wildman–Crippen MR) is 621 cm³/mol. The van der Waals surface area contributed by atoms with Gasteiger partial charge in [0.2, 0.25) is 0 Å². The SMILES string of the molecule is c1ccc(-c2ccc(N(c3ccc(-c4ccccc4)cc3)c3ccc4c(c3)c3c5ccccc5ccc3c3nc5ccccc5n43)cc2)cc1.c1ccc(N(c2ccc(-c3ccc4c(c3)c3c5ccccc5ccc3c3nc5ccccc5n43)cc2)c2cccc3ccccc23)cc1.c1ccc2c(c1)-c1ccccc1C21c2ccccc2-c2ccc(-c3ccc4c(c3)c3c5ccccc5ccc3c3nc5ccccc5n43)cc21. The van der Waals surface area contributed by atoms with E-state index in [1.54, 1.807) is 0 Å². The predicted octanol–water partition coefficient (Wildman–Crippen LogP) is 36.9. The molecule has 32 rings (SSSR count). The highest BCUT2D eigenvalue weighted by molar-refractivity contribution is 6.28. The van der Waals surface area contributed by atoms with Crippen LogP contribution >= 0.6 is 0 Å². The molecule has 0 fully saturated rings. The minimum Gasteiger partial charge on any atom is -0.310 e. The van der Waals surface area contributed by atoms with Gasteiger partial charge in [-0.15, -0.1) is 0 Å². The molecule has 2 aliphatic carbocycles. The Balaban J connectivity index is 0.000000102. The zero-order chi connectivity index (χ0) is 97.2. The summed E-state index contributed by atoms with van der Waals surface area (Å²) < 4.78 is 7.02. The van der Waals surface area contributed by atoms with Crippen LogP contribution in [0.5, 0.6) is 0 Å². The summed E-state index contributed by atoms with van der Waals surface area (Å²) in [6.07, 6.45) is 0. The molecule has 148 heavy (non-hydrogen) atoms. The van der Waals surface area contributed by atoms with E-state index < -0.39 is 0 Å². The Morgan fingerprint density at radius 2 is 0.459 bits per heavy atom. The van der Waals surface area contributed by atoms with Crippen molar-refractivity contribution >= 4 is 192 Å².